The van der Waals surface area contributed by atoms with Crippen LogP contribution in [-0.4, -0.2) is 34.7 Å². The van der Waals surface area contributed by atoms with Crippen molar-refractivity contribution in [1.82, 2.24) is 4.98 Å². The van der Waals surface area contributed by atoms with E-state index in [0.717, 1.165) is 11.4 Å². The molecule has 1 aromatic rings. The molecule has 0 bridgehead atoms. The molecule has 0 saturated carbocycles. The third kappa shape index (κ3) is 1.86. The fourth-order valence-electron chi connectivity index (χ4n) is 1.96. The highest BCUT2D eigenvalue weighted by Gasteiger charge is 2.41. The van der Waals surface area contributed by atoms with Gasteiger partial charge in [-0.2, -0.15) is 0 Å². The number of carboxylic acid groups (broad SMARTS) is 1. The minimum absolute atomic E-state index is 0.353. The van der Waals surface area contributed by atoms with Crippen LogP contribution < -0.4 is 10.6 Å². The Kier molecular flexibility index (Phi) is 2.55. The minimum atomic E-state index is -1.11. The summed E-state index contributed by atoms with van der Waals surface area (Å²) in [6.45, 7) is 2.94. The first-order valence-corrected chi connectivity index (χ1v) is 5.21. The van der Waals surface area contributed by atoms with Gasteiger partial charge >= 0.3 is 5.97 Å². The fraction of sp³-hybridized carbons (Fsp3) is 0.455. The first kappa shape index (κ1) is 10.9. The van der Waals surface area contributed by atoms with Gasteiger partial charge in [0.15, 0.2) is 0 Å². The largest absolute Gasteiger partial charge is 0.480 e. The van der Waals surface area contributed by atoms with Gasteiger partial charge in [-0.1, -0.05) is 0 Å². The average Bonchev–Trinajstić information content (AvgIpc) is 2.62. The topological polar surface area (TPSA) is 79.5 Å². The third-order valence-corrected chi connectivity index (χ3v) is 2.97. The van der Waals surface area contributed by atoms with Crippen LogP contribution in [0.1, 0.15) is 12.1 Å². The standard InChI is InChI=1S/C11H15N3O2/c1-8-6-9(2-4-13-8)14-5-3-11(12,7-14)10(15)16/h2,4,6H,3,5,7,12H2,1H3,(H,15,16). The predicted molar refractivity (Wildman–Crippen MR) is 60.4 cm³/mol. The van der Waals surface area contributed by atoms with Gasteiger partial charge in [-0.25, -0.2) is 0 Å². The molecule has 2 heterocycles. The third-order valence-electron chi connectivity index (χ3n) is 2.97. The van der Waals surface area contributed by atoms with Gasteiger partial charge in [0, 0.05) is 30.7 Å². The minimum Gasteiger partial charge on any atom is -0.480 e. The number of nitrogens with zero attached hydrogens (tertiary/aromatic N) is 2. The average molecular weight is 221 g/mol. The summed E-state index contributed by atoms with van der Waals surface area (Å²) in [5.74, 6) is -0.930. The molecule has 1 fully saturated rings. The maximum absolute atomic E-state index is 11.0. The Balaban J connectivity index is 2.18. The van der Waals surface area contributed by atoms with Crippen LogP contribution >= 0.6 is 0 Å². The molecule has 5 heteroatoms. The Morgan fingerprint density at radius 3 is 3.00 bits per heavy atom. The van der Waals surface area contributed by atoms with Gasteiger partial charge < -0.3 is 15.7 Å². The van der Waals surface area contributed by atoms with Gasteiger partial charge in [-0.15, -0.1) is 0 Å². The summed E-state index contributed by atoms with van der Waals surface area (Å²) in [6, 6.07) is 3.81. The molecule has 16 heavy (non-hydrogen) atoms. The van der Waals surface area contributed by atoms with E-state index in [-0.39, 0.29) is 0 Å². The molecule has 1 aliphatic heterocycles. The van der Waals surface area contributed by atoms with Crippen LogP contribution in [0.25, 0.3) is 0 Å². The van der Waals surface area contributed by atoms with Gasteiger partial charge in [0.25, 0.3) is 0 Å². The van der Waals surface area contributed by atoms with E-state index in [1.165, 1.54) is 0 Å². The van der Waals surface area contributed by atoms with Gasteiger partial charge in [0.1, 0.15) is 5.54 Å². The monoisotopic (exact) mass is 221 g/mol. The Bertz CT molecular complexity index is 421. The maximum Gasteiger partial charge on any atom is 0.325 e. The number of hydrogen-bond acceptors (Lipinski definition) is 4. The smallest absolute Gasteiger partial charge is 0.325 e. The maximum atomic E-state index is 11.0. The van der Waals surface area contributed by atoms with E-state index in [0.29, 0.717) is 19.5 Å². The van der Waals surface area contributed by atoms with Crippen LogP contribution in [0.3, 0.4) is 0 Å². The number of carboxylic acids is 1. The lowest BCUT2D eigenvalue weighted by Crippen LogP contribution is -2.50. The van der Waals surface area contributed by atoms with Crippen molar-refractivity contribution in [2.24, 2.45) is 5.73 Å². The van der Waals surface area contributed by atoms with Gasteiger partial charge in [0.05, 0.1) is 0 Å². The van der Waals surface area contributed by atoms with E-state index in [1.807, 2.05) is 24.0 Å². The van der Waals surface area contributed by atoms with E-state index >= 15 is 0 Å². The Morgan fingerprint density at radius 1 is 1.69 bits per heavy atom. The molecule has 1 unspecified atom stereocenters. The van der Waals surface area contributed by atoms with Crippen molar-refractivity contribution < 1.29 is 9.90 Å². The number of pyridine rings is 1. The number of hydrogen-bond donors (Lipinski definition) is 2. The van der Waals surface area contributed by atoms with E-state index < -0.39 is 11.5 Å². The normalized spacial score (nSPS) is 24.8. The van der Waals surface area contributed by atoms with E-state index in [9.17, 15) is 4.79 Å². The summed E-state index contributed by atoms with van der Waals surface area (Å²) < 4.78 is 0. The highest BCUT2D eigenvalue weighted by molar-refractivity contribution is 5.80. The zero-order valence-corrected chi connectivity index (χ0v) is 9.18. The van der Waals surface area contributed by atoms with Crippen LogP contribution in [0.4, 0.5) is 5.69 Å². The lowest BCUT2D eigenvalue weighted by atomic mass is 10.0. The van der Waals surface area contributed by atoms with Crippen LogP contribution in [0, 0.1) is 6.92 Å². The van der Waals surface area contributed by atoms with Crippen molar-refractivity contribution in [2.75, 3.05) is 18.0 Å². The molecular weight excluding hydrogens is 206 g/mol. The number of nitrogens with two attached hydrogens (primary N) is 1. The van der Waals surface area contributed by atoms with E-state index in [2.05, 4.69) is 4.98 Å². The molecule has 5 nitrogen and oxygen atoms in total. The molecule has 1 aliphatic rings. The number of aromatic nitrogens is 1. The number of rotatable bonds is 2. The Morgan fingerprint density at radius 2 is 2.44 bits per heavy atom. The zero-order valence-electron chi connectivity index (χ0n) is 9.18. The van der Waals surface area contributed by atoms with Crippen molar-refractivity contribution in [1.29, 1.82) is 0 Å². The van der Waals surface area contributed by atoms with Crippen molar-refractivity contribution in [2.45, 2.75) is 18.9 Å². The number of aliphatic carboxylic acids is 1. The molecule has 86 valence electrons. The molecular formula is C11H15N3O2. The number of aryl methyl sites for hydroxylation is 1. The summed E-state index contributed by atoms with van der Waals surface area (Å²) in [7, 11) is 0. The van der Waals surface area contributed by atoms with Crippen LogP contribution in [0.5, 0.6) is 0 Å². The highest BCUT2D eigenvalue weighted by Crippen LogP contribution is 2.25. The Labute approximate surface area is 93.9 Å². The second kappa shape index (κ2) is 3.75. The van der Waals surface area contributed by atoms with Crippen molar-refractivity contribution in [3.63, 3.8) is 0 Å². The molecule has 2 rings (SSSR count). The predicted octanol–water partition coefficient (Wildman–Crippen LogP) is 0.382. The summed E-state index contributed by atoms with van der Waals surface area (Å²) in [5.41, 5.74) is 6.60. The first-order chi connectivity index (χ1) is 7.51. The van der Waals surface area contributed by atoms with Gasteiger partial charge in [0.2, 0.25) is 0 Å². The molecule has 3 N–H and O–H groups in total. The van der Waals surface area contributed by atoms with Crippen molar-refractivity contribution in [3.05, 3.63) is 24.0 Å². The zero-order chi connectivity index (χ0) is 11.8. The number of anilines is 1. The van der Waals surface area contributed by atoms with Gasteiger partial charge in [-0.05, 0) is 25.5 Å². The van der Waals surface area contributed by atoms with E-state index in [4.69, 9.17) is 10.8 Å². The summed E-state index contributed by atoms with van der Waals surface area (Å²) in [6.07, 6.45) is 2.20. The molecule has 0 amide bonds. The second-order valence-corrected chi connectivity index (χ2v) is 4.29. The van der Waals surface area contributed by atoms with Gasteiger partial charge in [-0.3, -0.25) is 9.78 Å². The quantitative estimate of drug-likeness (QED) is 0.754. The second-order valence-electron chi connectivity index (χ2n) is 4.29. The number of carbonyl (C=O) groups is 1. The van der Waals surface area contributed by atoms with Crippen LogP contribution in [0.15, 0.2) is 18.3 Å². The molecule has 1 saturated heterocycles. The van der Waals surface area contributed by atoms with Crippen LogP contribution in [0.2, 0.25) is 0 Å². The molecule has 0 radical (unpaired) electrons. The lowest BCUT2D eigenvalue weighted by molar-refractivity contribution is -0.142. The van der Waals surface area contributed by atoms with E-state index in [1.54, 1.807) is 6.20 Å². The van der Waals surface area contributed by atoms with Crippen molar-refractivity contribution >= 4 is 11.7 Å². The summed E-state index contributed by atoms with van der Waals surface area (Å²) in [5, 5.41) is 9.03. The molecule has 0 spiro atoms. The summed E-state index contributed by atoms with van der Waals surface area (Å²) in [4.78, 5) is 17.1. The fourth-order valence-corrected chi connectivity index (χ4v) is 1.96. The molecule has 0 aliphatic carbocycles. The van der Waals surface area contributed by atoms with Crippen molar-refractivity contribution in [3.8, 4) is 0 Å². The molecule has 1 aromatic heterocycles. The first-order valence-electron chi connectivity index (χ1n) is 5.21. The highest BCUT2D eigenvalue weighted by atomic mass is 16.4. The molecule has 1 atom stereocenters. The Hall–Kier alpha value is -1.62. The molecule has 0 aromatic carbocycles. The SMILES string of the molecule is Cc1cc(N2CCC(N)(C(=O)O)C2)ccn1. The summed E-state index contributed by atoms with van der Waals surface area (Å²) >= 11 is 0. The lowest BCUT2D eigenvalue weighted by Gasteiger charge is -2.21. The van der Waals surface area contributed by atoms with Crippen LogP contribution in [-0.2, 0) is 4.79 Å².